The largest absolute Gasteiger partial charge is 0.338 e. The highest BCUT2D eigenvalue weighted by Crippen LogP contribution is 2.22. The summed E-state index contributed by atoms with van der Waals surface area (Å²) in [5.74, 6) is -0.608. The van der Waals surface area contributed by atoms with Crippen LogP contribution >= 0.6 is 15.9 Å². The van der Waals surface area contributed by atoms with Gasteiger partial charge in [0.2, 0.25) is 10.0 Å². The van der Waals surface area contributed by atoms with Gasteiger partial charge in [0.25, 0.3) is 5.91 Å². The van der Waals surface area contributed by atoms with E-state index in [2.05, 4.69) is 20.7 Å². The SMILES string of the molecule is O=C(c1ccc(F)cc1Br)N1CCC(NS(=O)(=O)c2ccccc2)CC1. The number of hydrogen-bond acceptors (Lipinski definition) is 3. The summed E-state index contributed by atoms with van der Waals surface area (Å²) in [4.78, 5) is 14.5. The van der Waals surface area contributed by atoms with E-state index in [-0.39, 0.29) is 16.8 Å². The van der Waals surface area contributed by atoms with Gasteiger partial charge in [-0.05, 0) is 59.1 Å². The molecule has 1 aliphatic heterocycles. The van der Waals surface area contributed by atoms with E-state index in [0.29, 0.717) is 36.0 Å². The van der Waals surface area contributed by atoms with Crippen LogP contribution in [0.25, 0.3) is 0 Å². The van der Waals surface area contributed by atoms with Crippen LogP contribution in [0.5, 0.6) is 0 Å². The Bertz CT molecular complexity index is 898. The zero-order chi connectivity index (χ0) is 18.7. The van der Waals surface area contributed by atoms with Crippen LogP contribution in [0, 0.1) is 5.82 Å². The van der Waals surface area contributed by atoms with Gasteiger partial charge in [-0.25, -0.2) is 17.5 Å². The van der Waals surface area contributed by atoms with Crippen LogP contribution in [0.2, 0.25) is 0 Å². The Morgan fingerprint density at radius 2 is 1.77 bits per heavy atom. The van der Waals surface area contributed by atoms with Gasteiger partial charge >= 0.3 is 0 Å². The number of nitrogens with one attached hydrogen (secondary N) is 1. The van der Waals surface area contributed by atoms with Crippen molar-refractivity contribution in [1.29, 1.82) is 0 Å². The topological polar surface area (TPSA) is 66.5 Å². The number of hydrogen-bond donors (Lipinski definition) is 1. The van der Waals surface area contributed by atoms with Crippen LogP contribution in [-0.2, 0) is 10.0 Å². The predicted octanol–water partition coefficient (Wildman–Crippen LogP) is 3.17. The molecule has 5 nitrogen and oxygen atoms in total. The third-order valence-electron chi connectivity index (χ3n) is 4.32. The summed E-state index contributed by atoms with van der Waals surface area (Å²) < 4.78 is 41.1. The average Bonchev–Trinajstić information content (AvgIpc) is 2.62. The second kappa shape index (κ2) is 7.85. The quantitative estimate of drug-likeness (QED) is 0.793. The minimum absolute atomic E-state index is 0.193. The molecule has 1 aliphatic rings. The van der Waals surface area contributed by atoms with Crippen LogP contribution in [0.15, 0.2) is 57.9 Å². The zero-order valence-corrected chi connectivity index (χ0v) is 16.3. The second-order valence-electron chi connectivity index (χ2n) is 6.12. The fourth-order valence-electron chi connectivity index (χ4n) is 2.92. The Hall–Kier alpha value is -1.77. The maximum Gasteiger partial charge on any atom is 0.255 e. The van der Waals surface area contributed by atoms with Gasteiger partial charge in [0.05, 0.1) is 10.5 Å². The maximum atomic E-state index is 13.2. The van der Waals surface area contributed by atoms with Crippen molar-refractivity contribution in [2.24, 2.45) is 0 Å². The van der Waals surface area contributed by atoms with E-state index < -0.39 is 15.8 Å². The molecule has 0 unspecified atom stereocenters. The minimum atomic E-state index is -3.56. The van der Waals surface area contributed by atoms with Gasteiger partial charge in [-0.1, -0.05) is 18.2 Å². The lowest BCUT2D eigenvalue weighted by atomic mass is 10.0. The molecule has 1 heterocycles. The number of piperidine rings is 1. The van der Waals surface area contributed by atoms with E-state index in [1.807, 2.05) is 0 Å². The van der Waals surface area contributed by atoms with Crippen LogP contribution < -0.4 is 4.72 Å². The first-order valence-electron chi connectivity index (χ1n) is 8.18. The molecule has 3 rings (SSSR count). The maximum absolute atomic E-state index is 13.2. The molecule has 0 aromatic heterocycles. The highest BCUT2D eigenvalue weighted by Gasteiger charge is 2.27. The van der Waals surface area contributed by atoms with E-state index in [9.17, 15) is 17.6 Å². The van der Waals surface area contributed by atoms with Crippen LogP contribution in [-0.4, -0.2) is 38.4 Å². The lowest BCUT2D eigenvalue weighted by Gasteiger charge is -2.32. The van der Waals surface area contributed by atoms with E-state index in [1.165, 1.54) is 18.2 Å². The molecule has 0 saturated carbocycles. The molecule has 26 heavy (non-hydrogen) atoms. The first-order chi connectivity index (χ1) is 12.4. The number of carbonyl (C=O) groups excluding carboxylic acids is 1. The number of nitrogens with zero attached hydrogens (tertiary/aromatic N) is 1. The van der Waals surface area contributed by atoms with Crippen molar-refractivity contribution < 1.29 is 17.6 Å². The summed E-state index contributed by atoms with van der Waals surface area (Å²) in [5.41, 5.74) is 0.398. The van der Waals surface area contributed by atoms with Gasteiger partial charge in [0, 0.05) is 23.6 Å². The number of amides is 1. The van der Waals surface area contributed by atoms with Gasteiger partial charge in [0.15, 0.2) is 0 Å². The van der Waals surface area contributed by atoms with Crippen molar-refractivity contribution in [2.75, 3.05) is 13.1 Å². The highest BCUT2D eigenvalue weighted by atomic mass is 79.9. The average molecular weight is 441 g/mol. The fraction of sp³-hybridized carbons (Fsp3) is 0.278. The van der Waals surface area contributed by atoms with E-state index in [1.54, 1.807) is 35.2 Å². The van der Waals surface area contributed by atoms with Gasteiger partial charge in [0.1, 0.15) is 5.82 Å². The summed E-state index contributed by atoms with van der Waals surface area (Å²) in [6, 6.07) is 11.9. The summed E-state index contributed by atoms with van der Waals surface area (Å²) in [7, 11) is -3.56. The third-order valence-corrected chi connectivity index (χ3v) is 6.51. The van der Waals surface area contributed by atoms with Gasteiger partial charge in [-0.2, -0.15) is 0 Å². The van der Waals surface area contributed by atoms with Crippen molar-refractivity contribution in [2.45, 2.75) is 23.8 Å². The van der Waals surface area contributed by atoms with E-state index in [4.69, 9.17) is 0 Å². The second-order valence-corrected chi connectivity index (χ2v) is 8.69. The number of sulfonamides is 1. The van der Waals surface area contributed by atoms with Gasteiger partial charge < -0.3 is 4.90 Å². The van der Waals surface area contributed by atoms with E-state index >= 15 is 0 Å². The third kappa shape index (κ3) is 4.31. The molecule has 0 aliphatic carbocycles. The fourth-order valence-corrected chi connectivity index (χ4v) is 4.77. The van der Waals surface area contributed by atoms with Gasteiger partial charge in [-0.3, -0.25) is 4.79 Å². The number of carbonyl (C=O) groups is 1. The van der Waals surface area contributed by atoms with Crippen LogP contribution in [0.1, 0.15) is 23.2 Å². The van der Waals surface area contributed by atoms with Crippen LogP contribution in [0.3, 0.4) is 0 Å². The molecule has 1 saturated heterocycles. The van der Waals surface area contributed by atoms with Crippen molar-refractivity contribution in [3.8, 4) is 0 Å². The molecule has 1 fully saturated rings. The van der Waals surface area contributed by atoms with Crippen LogP contribution in [0.4, 0.5) is 4.39 Å². The van der Waals surface area contributed by atoms with Crippen molar-refractivity contribution in [3.63, 3.8) is 0 Å². The molecule has 0 spiro atoms. The molecular formula is C18H18BrFN2O3S. The molecular weight excluding hydrogens is 423 g/mol. The zero-order valence-electron chi connectivity index (χ0n) is 13.9. The Morgan fingerprint density at radius 1 is 1.12 bits per heavy atom. The molecule has 1 amide bonds. The minimum Gasteiger partial charge on any atom is -0.338 e. The van der Waals surface area contributed by atoms with Crippen molar-refractivity contribution >= 4 is 31.9 Å². The summed E-state index contributed by atoms with van der Waals surface area (Å²) in [5, 5.41) is 0. The Morgan fingerprint density at radius 3 is 2.38 bits per heavy atom. The van der Waals surface area contributed by atoms with E-state index in [0.717, 1.165) is 0 Å². The standard InChI is InChI=1S/C18H18BrFN2O3S/c19-17-12-13(20)6-7-16(17)18(23)22-10-8-14(9-11-22)21-26(24,25)15-4-2-1-3-5-15/h1-7,12,14,21H,8-11H2. The van der Waals surface area contributed by atoms with Gasteiger partial charge in [-0.15, -0.1) is 0 Å². The molecule has 2 aromatic carbocycles. The number of rotatable bonds is 4. The molecule has 138 valence electrons. The molecule has 0 atom stereocenters. The first kappa shape index (κ1) is 19.0. The lowest BCUT2D eigenvalue weighted by molar-refractivity contribution is 0.0710. The monoisotopic (exact) mass is 440 g/mol. The highest BCUT2D eigenvalue weighted by molar-refractivity contribution is 9.10. The normalized spacial score (nSPS) is 15.8. The Balaban J connectivity index is 1.61. The Kier molecular flexibility index (Phi) is 5.74. The summed E-state index contributed by atoms with van der Waals surface area (Å²) in [6.07, 6.45) is 1.05. The molecule has 1 N–H and O–H groups in total. The molecule has 2 aromatic rings. The van der Waals surface area contributed by atoms with Crippen molar-refractivity contribution in [3.05, 3.63) is 64.4 Å². The number of benzene rings is 2. The number of halogens is 2. The molecule has 8 heteroatoms. The summed E-state index contributed by atoms with van der Waals surface area (Å²) in [6.45, 7) is 0.870. The first-order valence-corrected chi connectivity index (χ1v) is 10.5. The molecule has 0 bridgehead atoms. The smallest absolute Gasteiger partial charge is 0.255 e. The summed E-state index contributed by atoms with van der Waals surface area (Å²) >= 11 is 3.21. The lowest BCUT2D eigenvalue weighted by Crippen LogP contribution is -2.46. The van der Waals surface area contributed by atoms with Crippen molar-refractivity contribution in [1.82, 2.24) is 9.62 Å². The Labute approximate surface area is 160 Å². The predicted molar refractivity (Wildman–Crippen MR) is 99.8 cm³/mol. The molecule has 0 radical (unpaired) electrons. The number of likely N-dealkylation sites (tertiary alicyclic amines) is 1.